The molecule has 0 unspecified atom stereocenters. The van der Waals surface area contributed by atoms with Gasteiger partial charge >= 0.3 is 0 Å². The molecule has 0 saturated carbocycles. The largest absolute Gasteiger partial charge is 0.347 e. The molecule has 0 spiro atoms. The minimum atomic E-state index is -0.281. The first-order chi connectivity index (χ1) is 12.7. The Morgan fingerprint density at radius 1 is 1.08 bits per heavy atom. The Hall–Kier alpha value is -2.92. The van der Waals surface area contributed by atoms with Crippen molar-refractivity contribution < 1.29 is 4.79 Å². The van der Waals surface area contributed by atoms with Crippen LogP contribution in [0.3, 0.4) is 0 Å². The summed E-state index contributed by atoms with van der Waals surface area (Å²) < 4.78 is 0. The number of rotatable bonds is 6. The highest BCUT2D eigenvalue weighted by molar-refractivity contribution is 6.31. The summed E-state index contributed by atoms with van der Waals surface area (Å²) in [5, 5.41) is 6.55. The Morgan fingerprint density at radius 3 is 2.58 bits per heavy atom. The molecule has 0 radical (unpaired) electrons. The minimum Gasteiger partial charge on any atom is -0.347 e. The van der Waals surface area contributed by atoms with Crippen molar-refractivity contribution in [3.05, 3.63) is 82.6 Å². The molecule has 5 nitrogen and oxygen atoms in total. The van der Waals surface area contributed by atoms with Crippen LogP contribution < -0.4 is 10.6 Å². The lowest BCUT2D eigenvalue weighted by Crippen LogP contribution is -2.24. The molecule has 0 saturated heterocycles. The summed E-state index contributed by atoms with van der Waals surface area (Å²) in [5.41, 5.74) is 3.27. The van der Waals surface area contributed by atoms with Crippen LogP contribution in [0.15, 0.2) is 60.8 Å². The normalized spacial score (nSPS) is 10.4. The third-order valence-corrected chi connectivity index (χ3v) is 4.27. The van der Waals surface area contributed by atoms with Gasteiger partial charge in [0.25, 0.3) is 5.91 Å². The molecule has 1 aromatic heterocycles. The van der Waals surface area contributed by atoms with Gasteiger partial charge in [-0.05, 0) is 41.8 Å². The summed E-state index contributed by atoms with van der Waals surface area (Å²) in [5.74, 6) is 0.0938. The monoisotopic (exact) mass is 366 g/mol. The second-order valence-corrected chi connectivity index (χ2v) is 6.12. The second kappa shape index (κ2) is 8.45. The maximum atomic E-state index is 12.3. The third-order valence-electron chi connectivity index (χ3n) is 3.90. The van der Waals surface area contributed by atoms with Crippen molar-refractivity contribution in [3.8, 4) is 0 Å². The van der Waals surface area contributed by atoms with Crippen molar-refractivity contribution in [1.29, 1.82) is 0 Å². The van der Waals surface area contributed by atoms with Gasteiger partial charge < -0.3 is 10.6 Å². The molecule has 0 aliphatic carbocycles. The molecule has 0 bridgehead atoms. The van der Waals surface area contributed by atoms with Crippen molar-refractivity contribution >= 4 is 29.1 Å². The van der Waals surface area contributed by atoms with Crippen LogP contribution in [-0.4, -0.2) is 15.9 Å². The van der Waals surface area contributed by atoms with Crippen LogP contribution >= 0.6 is 11.6 Å². The average Bonchev–Trinajstić information content (AvgIpc) is 2.68. The highest BCUT2D eigenvalue weighted by Gasteiger charge is 2.10. The number of benzene rings is 2. The fraction of sp³-hybridized carbons (Fsp3) is 0.150. The fourth-order valence-corrected chi connectivity index (χ4v) is 2.61. The minimum absolute atomic E-state index is 0.281. The molecule has 0 fully saturated rings. The number of aromatic nitrogens is 2. The molecular weight excluding hydrogens is 348 g/mol. The van der Waals surface area contributed by atoms with Gasteiger partial charge in [-0.2, -0.15) is 0 Å². The molecule has 2 N–H and O–H groups in total. The van der Waals surface area contributed by atoms with Crippen LogP contribution in [0.25, 0.3) is 0 Å². The van der Waals surface area contributed by atoms with Gasteiger partial charge in [0.2, 0.25) is 5.95 Å². The fourth-order valence-electron chi connectivity index (χ4n) is 2.41. The SMILES string of the molecule is CCc1ccc(Nc2nccc(C(=O)NCc3ccccc3Cl)n2)cc1. The summed E-state index contributed by atoms with van der Waals surface area (Å²) in [7, 11) is 0. The second-order valence-electron chi connectivity index (χ2n) is 5.72. The molecule has 3 rings (SSSR count). The van der Waals surface area contributed by atoms with Gasteiger partial charge in [0.1, 0.15) is 5.69 Å². The van der Waals surface area contributed by atoms with Crippen molar-refractivity contribution in [2.75, 3.05) is 5.32 Å². The number of hydrogen-bond donors (Lipinski definition) is 2. The summed E-state index contributed by atoms with van der Waals surface area (Å²) >= 11 is 6.10. The standard InChI is InChI=1S/C20H19ClN4O/c1-2-14-7-9-16(10-8-14)24-20-22-12-11-18(25-20)19(26)23-13-15-5-3-4-6-17(15)21/h3-12H,2,13H2,1H3,(H,23,26)(H,22,24,25). The van der Waals surface area contributed by atoms with Crippen molar-refractivity contribution in [1.82, 2.24) is 15.3 Å². The van der Waals surface area contributed by atoms with Crippen molar-refractivity contribution in [2.45, 2.75) is 19.9 Å². The van der Waals surface area contributed by atoms with Crippen LogP contribution in [-0.2, 0) is 13.0 Å². The number of hydrogen-bond acceptors (Lipinski definition) is 4. The zero-order valence-corrected chi connectivity index (χ0v) is 15.1. The van der Waals surface area contributed by atoms with E-state index in [9.17, 15) is 4.79 Å². The van der Waals surface area contributed by atoms with E-state index in [1.807, 2.05) is 42.5 Å². The van der Waals surface area contributed by atoms with Gasteiger partial charge in [-0.15, -0.1) is 0 Å². The zero-order valence-electron chi connectivity index (χ0n) is 14.4. The quantitative estimate of drug-likeness (QED) is 0.680. The number of carbonyl (C=O) groups is 1. The lowest BCUT2D eigenvalue weighted by Gasteiger charge is -2.08. The first-order valence-electron chi connectivity index (χ1n) is 8.36. The smallest absolute Gasteiger partial charge is 0.270 e. The van der Waals surface area contributed by atoms with Crippen LogP contribution in [0.4, 0.5) is 11.6 Å². The van der Waals surface area contributed by atoms with E-state index in [1.165, 1.54) is 5.56 Å². The highest BCUT2D eigenvalue weighted by Crippen LogP contribution is 2.16. The van der Waals surface area contributed by atoms with E-state index in [2.05, 4.69) is 27.5 Å². The van der Waals surface area contributed by atoms with Crippen molar-refractivity contribution in [3.63, 3.8) is 0 Å². The number of aryl methyl sites for hydroxylation is 1. The van der Waals surface area contributed by atoms with E-state index in [-0.39, 0.29) is 5.91 Å². The van der Waals surface area contributed by atoms with E-state index < -0.39 is 0 Å². The van der Waals surface area contributed by atoms with E-state index >= 15 is 0 Å². The van der Waals surface area contributed by atoms with Gasteiger partial charge in [-0.3, -0.25) is 4.79 Å². The Morgan fingerprint density at radius 2 is 1.85 bits per heavy atom. The molecule has 1 heterocycles. The zero-order chi connectivity index (χ0) is 18.4. The molecule has 3 aromatic rings. The molecule has 2 aromatic carbocycles. The number of anilines is 2. The maximum absolute atomic E-state index is 12.3. The Balaban J connectivity index is 1.66. The topological polar surface area (TPSA) is 66.9 Å². The number of halogens is 1. The predicted octanol–water partition coefficient (Wildman–Crippen LogP) is 4.37. The van der Waals surface area contributed by atoms with E-state index in [0.29, 0.717) is 23.2 Å². The first kappa shape index (κ1) is 17.9. The molecule has 1 amide bonds. The van der Waals surface area contributed by atoms with E-state index in [0.717, 1.165) is 17.7 Å². The van der Waals surface area contributed by atoms with Crippen LogP contribution in [0, 0.1) is 0 Å². The number of nitrogens with zero attached hydrogens (tertiary/aromatic N) is 2. The molecule has 0 aliphatic heterocycles. The Labute approximate surface area is 157 Å². The van der Waals surface area contributed by atoms with Gasteiger partial charge in [-0.25, -0.2) is 9.97 Å². The van der Waals surface area contributed by atoms with E-state index in [1.54, 1.807) is 18.3 Å². The van der Waals surface area contributed by atoms with Crippen molar-refractivity contribution in [2.24, 2.45) is 0 Å². The lowest BCUT2D eigenvalue weighted by atomic mass is 10.1. The van der Waals surface area contributed by atoms with E-state index in [4.69, 9.17) is 11.6 Å². The molecular formula is C20H19ClN4O. The summed E-state index contributed by atoms with van der Waals surface area (Å²) in [4.78, 5) is 20.8. The Bertz CT molecular complexity index is 896. The number of nitrogens with one attached hydrogen (secondary N) is 2. The molecule has 132 valence electrons. The lowest BCUT2D eigenvalue weighted by molar-refractivity contribution is 0.0946. The Kier molecular flexibility index (Phi) is 5.81. The number of amides is 1. The van der Waals surface area contributed by atoms with Gasteiger partial charge in [0.05, 0.1) is 0 Å². The maximum Gasteiger partial charge on any atom is 0.270 e. The van der Waals surface area contributed by atoms with Gasteiger partial charge in [0.15, 0.2) is 0 Å². The predicted molar refractivity (Wildman–Crippen MR) is 104 cm³/mol. The molecule has 6 heteroatoms. The molecule has 26 heavy (non-hydrogen) atoms. The van der Waals surface area contributed by atoms with Gasteiger partial charge in [0, 0.05) is 23.5 Å². The highest BCUT2D eigenvalue weighted by atomic mass is 35.5. The number of carbonyl (C=O) groups excluding carboxylic acids is 1. The average molecular weight is 367 g/mol. The molecule has 0 aliphatic rings. The van der Waals surface area contributed by atoms with Crippen LogP contribution in [0.2, 0.25) is 5.02 Å². The third kappa shape index (κ3) is 4.58. The van der Waals surface area contributed by atoms with Crippen LogP contribution in [0.1, 0.15) is 28.5 Å². The van der Waals surface area contributed by atoms with Crippen LogP contribution in [0.5, 0.6) is 0 Å². The summed E-state index contributed by atoms with van der Waals surface area (Å²) in [6.45, 7) is 2.44. The van der Waals surface area contributed by atoms with Gasteiger partial charge in [-0.1, -0.05) is 48.9 Å². The molecule has 0 atom stereocenters. The summed E-state index contributed by atoms with van der Waals surface area (Å²) in [6, 6.07) is 17.0. The summed E-state index contributed by atoms with van der Waals surface area (Å²) in [6.07, 6.45) is 2.54. The first-order valence-corrected chi connectivity index (χ1v) is 8.74.